The molecule has 0 unspecified atom stereocenters. The number of benzene rings is 2. The molecule has 32 heavy (non-hydrogen) atoms. The van der Waals surface area contributed by atoms with Gasteiger partial charge in [0.1, 0.15) is 17.8 Å². The van der Waals surface area contributed by atoms with Crippen LogP contribution in [0.15, 0.2) is 60.7 Å². The number of nitrogens with one attached hydrogen (secondary N) is 2. The van der Waals surface area contributed by atoms with E-state index in [-0.39, 0.29) is 6.54 Å². The van der Waals surface area contributed by atoms with Gasteiger partial charge < -0.3 is 10.1 Å². The van der Waals surface area contributed by atoms with Crippen LogP contribution in [0, 0.1) is 0 Å². The maximum absolute atomic E-state index is 13.3. The topological polar surface area (TPSA) is 91.0 Å². The SMILES string of the molecule is CC[C@@]1(C)NC(=O)N(CC(=O)N2NC(c3ccccc3)=C[C@@H]2c2ccc(OC)cc2)C1=O. The Bertz CT molecular complexity index is 1070. The summed E-state index contributed by atoms with van der Waals surface area (Å²) in [6, 6.07) is 16.1. The highest BCUT2D eigenvalue weighted by atomic mass is 16.5. The van der Waals surface area contributed by atoms with E-state index >= 15 is 0 Å². The molecular weight excluding hydrogens is 408 g/mol. The quantitative estimate of drug-likeness (QED) is 0.683. The number of rotatable bonds is 6. The summed E-state index contributed by atoms with van der Waals surface area (Å²) < 4.78 is 5.24. The summed E-state index contributed by atoms with van der Waals surface area (Å²) in [4.78, 5) is 39.4. The molecule has 1 fully saturated rings. The fraction of sp³-hybridized carbons (Fsp3) is 0.292. The molecule has 2 aromatic carbocycles. The number of methoxy groups -OCH3 is 1. The Morgan fingerprint density at radius 1 is 1.09 bits per heavy atom. The van der Waals surface area contributed by atoms with Crippen molar-refractivity contribution in [3.05, 3.63) is 71.8 Å². The van der Waals surface area contributed by atoms with E-state index in [1.807, 2.05) is 67.6 Å². The van der Waals surface area contributed by atoms with Crippen molar-refractivity contribution in [1.82, 2.24) is 20.7 Å². The van der Waals surface area contributed by atoms with Gasteiger partial charge in [-0.2, -0.15) is 0 Å². The van der Waals surface area contributed by atoms with Gasteiger partial charge >= 0.3 is 6.03 Å². The number of urea groups is 1. The lowest BCUT2D eigenvalue weighted by molar-refractivity contribution is -0.140. The van der Waals surface area contributed by atoms with Crippen LogP contribution in [0.3, 0.4) is 0 Å². The minimum atomic E-state index is -0.987. The maximum Gasteiger partial charge on any atom is 0.325 e. The first-order valence-electron chi connectivity index (χ1n) is 10.5. The molecule has 8 heteroatoms. The Morgan fingerprint density at radius 3 is 2.38 bits per heavy atom. The third kappa shape index (κ3) is 3.79. The molecule has 2 aliphatic rings. The van der Waals surface area contributed by atoms with Crippen LogP contribution in [-0.4, -0.2) is 46.9 Å². The van der Waals surface area contributed by atoms with Crippen LogP contribution in [0.5, 0.6) is 5.75 Å². The molecule has 2 N–H and O–H groups in total. The molecule has 8 nitrogen and oxygen atoms in total. The van der Waals surface area contributed by atoms with Gasteiger partial charge in [-0.15, -0.1) is 0 Å². The van der Waals surface area contributed by atoms with Gasteiger partial charge in [-0.1, -0.05) is 49.4 Å². The number of carbonyl (C=O) groups excluding carboxylic acids is 3. The fourth-order valence-electron chi connectivity index (χ4n) is 3.85. The minimum absolute atomic E-state index is 0.351. The Hall–Kier alpha value is -3.81. The first-order valence-corrected chi connectivity index (χ1v) is 10.5. The normalized spacial score (nSPS) is 22.5. The summed E-state index contributed by atoms with van der Waals surface area (Å²) in [6.45, 7) is 3.14. The summed E-state index contributed by atoms with van der Waals surface area (Å²) >= 11 is 0. The van der Waals surface area contributed by atoms with Crippen molar-refractivity contribution in [2.24, 2.45) is 0 Å². The summed E-state index contributed by atoms with van der Waals surface area (Å²) in [5.41, 5.74) is 4.75. The molecule has 2 aliphatic heterocycles. The standard InChI is InChI=1S/C24H26N4O4/c1-4-24(2)22(30)27(23(31)25-24)15-21(29)28-20(17-10-12-18(32-3)13-11-17)14-19(26-28)16-8-6-5-7-9-16/h5-14,20,26H,4,15H2,1-3H3,(H,25,31)/t20-,24-/m1/s1. The van der Waals surface area contributed by atoms with Gasteiger partial charge in [0.25, 0.3) is 11.8 Å². The predicted molar refractivity (Wildman–Crippen MR) is 119 cm³/mol. The van der Waals surface area contributed by atoms with Crippen LogP contribution in [0.25, 0.3) is 5.70 Å². The molecule has 166 valence electrons. The van der Waals surface area contributed by atoms with Gasteiger partial charge in [-0.05, 0) is 42.7 Å². The third-order valence-corrected chi connectivity index (χ3v) is 6.00. The van der Waals surface area contributed by atoms with Crippen molar-refractivity contribution in [2.75, 3.05) is 13.7 Å². The minimum Gasteiger partial charge on any atom is -0.497 e. The lowest BCUT2D eigenvalue weighted by atomic mass is 9.99. The molecule has 4 amide bonds. The summed E-state index contributed by atoms with van der Waals surface area (Å²) in [6.07, 6.45) is 2.40. The average molecular weight is 434 g/mol. The number of hydrogen-bond acceptors (Lipinski definition) is 5. The number of imide groups is 1. The zero-order valence-electron chi connectivity index (χ0n) is 18.3. The molecule has 0 saturated carbocycles. The molecule has 2 atom stereocenters. The molecule has 2 aromatic rings. The van der Waals surface area contributed by atoms with Crippen molar-refractivity contribution >= 4 is 23.5 Å². The van der Waals surface area contributed by atoms with E-state index in [1.54, 1.807) is 14.0 Å². The number of nitrogens with zero attached hydrogens (tertiary/aromatic N) is 2. The number of hydrogen-bond donors (Lipinski definition) is 2. The van der Waals surface area contributed by atoms with Crippen molar-refractivity contribution in [3.8, 4) is 5.75 Å². The molecule has 4 rings (SSSR count). The van der Waals surface area contributed by atoms with E-state index in [4.69, 9.17) is 4.74 Å². The molecule has 0 spiro atoms. The van der Waals surface area contributed by atoms with Gasteiger partial charge in [0, 0.05) is 0 Å². The van der Waals surface area contributed by atoms with Crippen LogP contribution in [0.1, 0.15) is 37.4 Å². The monoisotopic (exact) mass is 434 g/mol. The summed E-state index contributed by atoms with van der Waals surface area (Å²) in [7, 11) is 1.59. The van der Waals surface area contributed by atoms with E-state index in [2.05, 4.69) is 10.7 Å². The molecule has 0 aliphatic carbocycles. The van der Waals surface area contributed by atoms with E-state index in [1.165, 1.54) is 5.01 Å². The van der Waals surface area contributed by atoms with Gasteiger partial charge in [0.15, 0.2) is 0 Å². The zero-order chi connectivity index (χ0) is 22.9. The Balaban J connectivity index is 1.61. The lowest BCUT2D eigenvalue weighted by Gasteiger charge is -2.27. The second-order valence-corrected chi connectivity index (χ2v) is 8.05. The number of ether oxygens (including phenoxy) is 1. The second-order valence-electron chi connectivity index (χ2n) is 8.05. The molecule has 0 bridgehead atoms. The second kappa shape index (κ2) is 8.37. The Labute approximate surface area is 186 Å². The van der Waals surface area contributed by atoms with E-state index in [9.17, 15) is 14.4 Å². The molecule has 0 aromatic heterocycles. The zero-order valence-corrected chi connectivity index (χ0v) is 18.3. The largest absolute Gasteiger partial charge is 0.497 e. The van der Waals surface area contributed by atoms with Crippen LogP contribution in [-0.2, 0) is 9.59 Å². The van der Waals surface area contributed by atoms with Crippen molar-refractivity contribution in [1.29, 1.82) is 0 Å². The van der Waals surface area contributed by atoms with Crippen LogP contribution < -0.4 is 15.5 Å². The van der Waals surface area contributed by atoms with Crippen molar-refractivity contribution in [3.63, 3.8) is 0 Å². The van der Waals surface area contributed by atoms with Crippen LogP contribution in [0.4, 0.5) is 4.79 Å². The lowest BCUT2D eigenvalue weighted by Crippen LogP contribution is -2.48. The molecule has 1 saturated heterocycles. The number of amides is 4. The Morgan fingerprint density at radius 2 is 1.78 bits per heavy atom. The summed E-state index contributed by atoms with van der Waals surface area (Å²) in [5.74, 6) is -0.0744. The molecule has 2 heterocycles. The van der Waals surface area contributed by atoms with Gasteiger partial charge in [-0.25, -0.2) is 9.80 Å². The highest BCUT2D eigenvalue weighted by molar-refractivity contribution is 6.08. The average Bonchev–Trinajstić information content (AvgIpc) is 3.36. The molecular formula is C24H26N4O4. The smallest absolute Gasteiger partial charge is 0.325 e. The summed E-state index contributed by atoms with van der Waals surface area (Å²) in [5, 5.41) is 4.15. The highest BCUT2D eigenvalue weighted by Gasteiger charge is 2.47. The van der Waals surface area contributed by atoms with E-state index in [0.717, 1.165) is 21.7 Å². The van der Waals surface area contributed by atoms with Gasteiger partial charge in [0.2, 0.25) is 0 Å². The first kappa shape index (κ1) is 21.4. The van der Waals surface area contributed by atoms with E-state index in [0.29, 0.717) is 12.2 Å². The van der Waals surface area contributed by atoms with E-state index < -0.39 is 29.4 Å². The molecule has 0 radical (unpaired) electrons. The van der Waals surface area contributed by atoms with Gasteiger partial charge in [0.05, 0.1) is 18.8 Å². The fourth-order valence-corrected chi connectivity index (χ4v) is 3.85. The highest BCUT2D eigenvalue weighted by Crippen LogP contribution is 2.32. The van der Waals surface area contributed by atoms with Crippen molar-refractivity contribution in [2.45, 2.75) is 31.8 Å². The maximum atomic E-state index is 13.3. The predicted octanol–water partition coefficient (Wildman–Crippen LogP) is 2.84. The van der Waals surface area contributed by atoms with Crippen molar-refractivity contribution < 1.29 is 19.1 Å². The Kier molecular flexibility index (Phi) is 5.61. The third-order valence-electron chi connectivity index (χ3n) is 6.00. The van der Waals surface area contributed by atoms with Gasteiger partial charge in [-0.3, -0.25) is 19.9 Å². The number of carbonyl (C=O) groups is 3. The van der Waals surface area contributed by atoms with Crippen LogP contribution >= 0.6 is 0 Å². The van der Waals surface area contributed by atoms with Crippen LogP contribution in [0.2, 0.25) is 0 Å². The first-order chi connectivity index (χ1) is 15.4. The number of hydrazine groups is 1.